The second-order valence-corrected chi connectivity index (χ2v) is 3.77. The molecule has 0 aliphatic heterocycles. The minimum Gasteiger partial charge on any atom is -0.381 e. The average molecular weight is 200 g/mol. The molecule has 4 heteroatoms. The first kappa shape index (κ1) is 8.47. The molecule has 0 atom stereocenters. The molecule has 76 valence electrons. The summed E-state index contributed by atoms with van der Waals surface area (Å²) in [7, 11) is 0. The number of aromatic nitrogens is 3. The molecule has 1 aliphatic carbocycles. The smallest absolute Gasteiger partial charge is 0.153 e. The second kappa shape index (κ2) is 3.38. The topological polar surface area (TPSA) is 42.7 Å². The molecule has 1 aliphatic rings. The minimum atomic E-state index is 0.669. The Bertz CT molecular complexity index is 428. The van der Waals surface area contributed by atoms with E-state index < -0.39 is 0 Å². The molecule has 0 saturated heterocycles. The minimum absolute atomic E-state index is 0.669. The molecule has 1 N–H and O–H groups in total. The van der Waals surface area contributed by atoms with Crippen LogP contribution in [0.15, 0.2) is 36.8 Å². The van der Waals surface area contributed by atoms with E-state index in [2.05, 4.69) is 15.4 Å². The van der Waals surface area contributed by atoms with Crippen LogP contribution >= 0.6 is 0 Å². The van der Waals surface area contributed by atoms with Crippen molar-refractivity contribution in [2.45, 2.75) is 18.9 Å². The predicted molar refractivity (Wildman–Crippen MR) is 58.0 cm³/mol. The fraction of sp³-hybridized carbons (Fsp3) is 0.273. The lowest BCUT2D eigenvalue weighted by molar-refractivity contribution is 0.847. The Morgan fingerprint density at radius 2 is 2.27 bits per heavy atom. The van der Waals surface area contributed by atoms with Crippen LogP contribution in [0.3, 0.4) is 0 Å². The first-order valence-electron chi connectivity index (χ1n) is 5.14. The number of nitrogens with zero attached hydrogens (tertiary/aromatic N) is 3. The Hall–Kier alpha value is -1.84. The molecule has 0 radical (unpaired) electrons. The number of hydrogen-bond acceptors (Lipinski definition) is 3. The summed E-state index contributed by atoms with van der Waals surface area (Å²) in [6, 6.07) is 6.57. The summed E-state index contributed by atoms with van der Waals surface area (Å²) in [6.07, 6.45) is 8.05. The van der Waals surface area contributed by atoms with Gasteiger partial charge in [-0.3, -0.25) is 0 Å². The molecule has 2 aromatic heterocycles. The summed E-state index contributed by atoms with van der Waals surface area (Å²) in [5, 5.41) is 7.52. The summed E-state index contributed by atoms with van der Waals surface area (Å²) in [5.74, 6) is 0.848. The zero-order valence-corrected chi connectivity index (χ0v) is 8.30. The molecule has 2 aromatic rings. The van der Waals surface area contributed by atoms with E-state index in [0.717, 1.165) is 11.5 Å². The Balaban J connectivity index is 1.80. The molecule has 0 aromatic carbocycles. The van der Waals surface area contributed by atoms with E-state index in [0.29, 0.717) is 6.04 Å². The Kier molecular flexibility index (Phi) is 1.91. The summed E-state index contributed by atoms with van der Waals surface area (Å²) in [5.41, 5.74) is 1.09. The standard InChI is InChI=1S/C11H12N4/c1-6-13-15(7-1)11-5-4-10(8-12-11)14-9-2-3-9/h1,4-9,14H,2-3H2. The zero-order valence-electron chi connectivity index (χ0n) is 8.30. The van der Waals surface area contributed by atoms with Gasteiger partial charge in [-0.15, -0.1) is 0 Å². The van der Waals surface area contributed by atoms with Crippen LogP contribution in [0.25, 0.3) is 5.82 Å². The van der Waals surface area contributed by atoms with Crippen LogP contribution in [0.5, 0.6) is 0 Å². The van der Waals surface area contributed by atoms with E-state index in [1.165, 1.54) is 12.8 Å². The van der Waals surface area contributed by atoms with Gasteiger partial charge in [0.15, 0.2) is 5.82 Å². The number of anilines is 1. The van der Waals surface area contributed by atoms with Crippen molar-refractivity contribution >= 4 is 5.69 Å². The van der Waals surface area contributed by atoms with Gasteiger partial charge in [0.25, 0.3) is 0 Å². The molecule has 1 fully saturated rings. The van der Waals surface area contributed by atoms with Gasteiger partial charge in [-0.1, -0.05) is 0 Å². The lowest BCUT2D eigenvalue weighted by Gasteiger charge is -2.04. The third-order valence-electron chi connectivity index (χ3n) is 2.44. The van der Waals surface area contributed by atoms with Crippen molar-refractivity contribution in [3.05, 3.63) is 36.8 Å². The third kappa shape index (κ3) is 1.83. The van der Waals surface area contributed by atoms with Crippen molar-refractivity contribution < 1.29 is 0 Å². The number of pyridine rings is 1. The van der Waals surface area contributed by atoms with Crippen LogP contribution in [0, 0.1) is 0 Å². The van der Waals surface area contributed by atoms with E-state index in [1.54, 1.807) is 10.9 Å². The second-order valence-electron chi connectivity index (χ2n) is 3.77. The fourth-order valence-corrected chi connectivity index (χ4v) is 1.47. The monoisotopic (exact) mass is 200 g/mol. The molecule has 0 spiro atoms. The van der Waals surface area contributed by atoms with E-state index in [4.69, 9.17) is 0 Å². The van der Waals surface area contributed by atoms with Crippen molar-refractivity contribution in [2.24, 2.45) is 0 Å². The van der Waals surface area contributed by atoms with Crippen molar-refractivity contribution in [2.75, 3.05) is 5.32 Å². The number of rotatable bonds is 3. The molecule has 0 amide bonds. The van der Waals surface area contributed by atoms with Crippen LogP contribution in [-0.2, 0) is 0 Å². The van der Waals surface area contributed by atoms with Gasteiger partial charge in [0.05, 0.1) is 11.9 Å². The molecule has 1 saturated carbocycles. The number of nitrogens with one attached hydrogen (secondary N) is 1. The quantitative estimate of drug-likeness (QED) is 0.822. The molecular weight excluding hydrogens is 188 g/mol. The Labute approximate surface area is 88.0 Å². The highest BCUT2D eigenvalue weighted by molar-refractivity contribution is 5.45. The predicted octanol–water partition coefficient (Wildman–Crippen LogP) is 1.84. The third-order valence-corrected chi connectivity index (χ3v) is 2.44. The van der Waals surface area contributed by atoms with E-state index >= 15 is 0 Å². The highest BCUT2D eigenvalue weighted by Gasteiger charge is 2.20. The zero-order chi connectivity index (χ0) is 10.1. The van der Waals surface area contributed by atoms with Crippen LogP contribution in [-0.4, -0.2) is 20.8 Å². The van der Waals surface area contributed by atoms with E-state index in [9.17, 15) is 0 Å². The van der Waals surface area contributed by atoms with Crippen LogP contribution in [0.4, 0.5) is 5.69 Å². The Morgan fingerprint density at radius 1 is 1.33 bits per heavy atom. The van der Waals surface area contributed by atoms with Gasteiger partial charge >= 0.3 is 0 Å². The molecule has 0 unspecified atom stereocenters. The van der Waals surface area contributed by atoms with Gasteiger partial charge in [-0.25, -0.2) is 9.67 Å². The first-order chi connectivity index (χ1) is 7.42. The molecular formula is C11H12N4. The van der Waals surface area contributed by atoms with Crippen molar-refractivity contribution in [3.8, 4) is 5.82 Å². The van der Waals surface area contributed by atoms with Crippen LogP contribution in [0.2, 0.25) is 0 Å². The summed E-state index contributed by atoms with van der Waals surface area (Å²) < 4.78 is 1.75. The lowest BCUT2D eigenvalue weighted by atomic mass is 10.4. The van der Waals surface area contributed by atoms with Crippen LogP contribution in [0.1, 0.15) is 12.8 Å². The maximum Gasteiger partial charge on any atom is 0.153 e. The van der Waals surface area contributed by atoms with Gasteiger partial charge in [-0.05, 0) is 31.0 Å². The van der Waals surface area contributed by atoms with Gasteiger partial charge < -0.3 is 5.32 Å². The van der Waals surface area contributed by atoms with Gasteiger partial charge in [0.1, 0.15) is 0 Å². The van der Waals surface area contributed by atoms with E-state index in [1.807, 2.05) is 30.6 Å². The lowest BCUT2D eigenvalue weighted by Crippen LogP contribution is -2.03. The molecule has 3 rings (SSSR count). The first-order valence-corrected chi connectivity index (χ1v) is 5.14. The van der Waals surface area contributed by atoms with Crippen molar-refractivity contribution in [1.29, 1.82) is 0 Å². The highest BCUT2D eigenvalue weighted by atomic mass is 15.3. The Morgan fingerprint density at radius 3 is 2.87 bits per heavy atom. The van der Waals surface area contributed by atoms with Crippen molar-refractivity contribution in [1.82, 2.24) is 14.8 Å². The summed E-state index contributed by atoms with van der Waals surface area (Å²) in [6.45, 7) is 0. The normalized spacial score (nSPS) is 15.2. The average Bonchev–Trinajstić information content (AvgIpc) is 2.92. The van der Waals surface area contributed by atoms with Crippen molar-refractivity contribution in [3.63, 3.8) is 0 Å². The fourth-order valence-electron chi connectivity index (χ4n) is 1.47. The largest absolute Gasteiger partial charge is 0.381 e. The molecule has 2 heterocycles. The highest BCUT2D eigenvalue weighted by Crippen LogP contribution is 2.24. The van der Waals surface area contributed by atoms with E-state index in [-0.39, 0.29) is 0 Å². The van der Waals surface area contributed by atoms with Gasteiger partial charge in [0.2, 0.25) is 0 Å². The molecule has 0 bridgehead atoms. The van der Waals surface area contributed by atoms with Crippen LogP contribution < -0.4 is 5.32 Å². The number of hydrogen-bond donors (Lipinski definition) is 1. The van der Waals surface area contributed by atoms with Gasteiger partial charge in [-0.2, -0.15) is 5.10 Å². The maximum absolute atomic E-state index is 4.34. The maximum atomic E-state index is 4.34. The molecule has 4 nitrogen and oxygen atoms in total. The summed E-state index contributed by atoms with van der Waals surface area (Å²) in [4.78, 5) is 4.34. The van der Waals surface area contributed by atoms with Gasteiger partial charge in [0, 0.05) is 18.4 Å². The molecule has 15 heavy (non-hydrogen) atoms. The SMILES string of the molecule is c1cnn(-c2ccc(NC3CC3)cn2)c1. The summed E-state index contributed by atoms with van der Waals surface area (Å²) >= 11 is 0.